The van der Waals surface area contributed by atoms with Crippen LogP contribution in [0.3, 0.4) is 0 Å². The highest BCUT2D eigenvalue weighted by atomic mass is 32.2. The molecule has 2 unspecified atom stereocenters. The van der Waals surface area contributed by atoms with Crippen molar-refractivity contribution in [2.24, 2.45) is 5.92 Å². The lowest BCUT2D eigenvalue weighted by atomic mass is 9.84. The molecule has 0 amide bonds. The van der Waals surface area contributed by atoms with Gasteiger partial charge in [-0.05, 0) is 68.3 Å². The minimum Gasteiger partial charge on any atom is -0.316 e. The molecule has 0 aromatic heterocycles. The van der Waals surface area contributed by atoms with Crippen LogP contribution >= 0.6 is 0 Å². The summed E-state index contributed by atoms with van der Waals surface area (Å²) in [5.74, 6) is 1.47. The quantitative estimate of drug-likeness (QED) is 0.903. The number of fused-ring (bicyclic) bond motifs is 1. The largest absolute Gasteiger partial charge is 0.316 e. The molecule has 0 aliphatic heterocycles. The highest BCUT2D eigenvalue weighted by molar-refractivity contribution is 7.85. The SMILES string of the molecule is CNC(CS(=O)c1ccc2c(c1)CCC2)C1CCCCC1. The first kappa shape index (κ1) is 15.2. The molecule has 0 radical (unpaired) electrons. The third-order valence-corrected chi connectivity index (χ3v) is 6.70. The molecule has 0 bridgehead atoms. The molecule has 0 spiro atoms. The van der Waals surface area contributed by atoms with Gasteiger partial charge in [0.25, 0.3) is 0 Å². The second-order valence-corrected chi connectivity index (χ2v) is 8.09. The van der Waals surface area contributed by atoms with Crippen LogP contribution in [0.1, 0.15) is 49.7 Å². The molecule has 2 aliphatic carbocycles. The highest BCUT2D eigenvalue weighted by Crippen LogP contribution is 2.28. The van der Waals surface area contributed by atoms with E-state index in [0.717, 1.165) is 10.6 Å². The highest BCUT2D eigenvalue weighted by Gasteiger charge is 2.24. The van der Waals surface area contributed by atoms with Crippen LogP contribution in [0.4, 0.5) is 0 Å². The average Bonchev–Trinajstić information content (AvgIpc) is 3.00. The van der Waals surface area contributed by atoms with Crippen molar-refractivity contribution in [1.29, 1.82) is 0 Å². The van der Waals surface area contributed by atoms with Crippen molar-refractivity contribution < 1.29 is 4.21 Å². The smallest absolute Gasteiger partial charge is 0.0545 e. The molecule has 0 saturated heterocycles. The molecule has 3 heteroatoms. The van der Waals surface area contributed by atoms with Crippen LogP contribution in [-0.2, 0) is 23.6 Å². The Kier molecular flexibility index (Phi) is 5.12. The summed E-state index contributed by atoms with van der Waals surface area (Å²) in [6, 6.07) is 6.89. The number of nitrogens with one attached hydrogen (secondary N) is 1. The first-order valence-corrected chi connectivity index (χ1v) is 9.77. The van der Waals surface area contributed by atoms with Gasteiger partial charge in [0.15, 0.2) is 0 Å². The zero-order valence-electron chi connectivity index (χ0n) is 13.1. The van der Waals surface area contributed by atoms with E-state index >= 15 is 0 Å². The summed E-state index contributed by atoms with van der Waals surface area (Å²) in [6.07, 6.45) is 10.3. The average molecular weight is 305 g/mol. The van der Waals surface area contributed by atoms with E-state index in [-0.39, 0.29) is 0 Å². The molecule has 116 valence electrons. The van der Waals surface area contributed by atoms with E-state index in [1.165, 1.54) is 62.5 Å². The van der Waals surface area contributed by atoms with Gasteiger partial charge >= 0.3 is 0 Å². The Morgan fingerprint density at radius 2 is 1.90 bits per heavy atom. The Labute approximate surface area is 131 Å². The van der Waals surface area contributed by atoms with Gasteiger partial charge in [-0.1, -0.05) is 25.3 Å². The summed E-state index contributed by atoms with van der Waals surface area (Å²) in [5.41, 5.74) is 2.90. The number of aryl methyl sites for hydroxylation is 2. The van der Waals surface area contributed by atoms with Crippen molar-refractivity contribution in [2.45, 2.75) is 62.3 Å². The second kappa shape index (κ2) is 7.06. The van der Waals surface area contributed by atoms with E-state index in [0.29, 0.717) is 12.0 Å². The predicted octanol–water partition coefficient (Wildman–Crippen LogP) is 3.45. The van der Waals surface area contributed by atoms with Crippen LogP contribution < -0.4 is 5.32 Å². The fourth-order valence-electron chi connectivity index (χ4n) is 3.94. The molecule has 1 N–H and O–H groups in total. The summed E-state index contributed by atoms with van der Waals surface area (Å²) in [4.78, 5) is 1.03. The van der Waals surface area contributed by atoms with Gasteiger partial charge in [-0.15, -0.1) is 0 Å². The topological polar surface area (TPSA) is 29.1 Å². The third kappa shape index (κ3) is 3.57. The van der Waals surface area contributed by atoms with Crippen molar-refractivity contribution in [2.75, 3.05) is 12.8 Å². The molecule has 0 heterocycles. The fraction of sp³-hybridized carbons (Fsp3) is 0.667. The van der Waals surface area contributed by atoms with Gasteiger partial charge in [0, 0.05) is 16.7 Å². The van der Waals surface area contributed by atoms with E-state index in [2.05, 4.69) is 23.5 Å². The standard InChI is InChI=1S/C18H27NOS/c1-19-18(15-6-3-2-4-7-15)13-21(20)17-11-10-14-8-5-9-16(14)12-17/h10-12,15,18-19H,2-9,13H2,1H3. The fourth-order valence-corrected chi connectivity index (χ4v) is 5.39. The normalized spacial score (nSPS) is 22.0. The maximum atomic E-state index is 12.7. The molecule has 3 rings (SSSR count). The van der Waals surface area contributed by atoms with E-state index < -0.39 is 10.8 Å². The van der Waals surface area contributed by atoms with Gasteiger partial charge in [-0.2, -0.15) is 0 Å². The monoisotopic (exact) mass is 305 g/mol. The zero-order valence-corrected chi connectivity index (χ0v) is 13.9. The van der Waals surface area contributed by atoms with Gasteiger partial charge in [-0.25, -0.2) is 0 Å². The Bertz CT molecular complexity index is 508. The van der Waals surface area contributed by atoms with E-state index in [1.807, 2.05) is 7.05 Å². The first-order chi connectivity index (χ1) is 10.3. The van der Waals surface area contributed by atoms with Crippen LogP contribution in [0, 0.1) is 5.92 Å². The van der Waals surface area contributed by atoms with Crippen LogP contribution in [-0.4, -0.2) is 23.1 Å². The Hall–Kier alpha value is -0.670. The van der Waals surface area contributed by atoms with Crippen molar-refractivity contribution in [3.63, 3.8) is 0 Å². The number of benzene rings is 1. The second-order valence-electron chi connectivity index (χ2n) is 6.59. The van der Waals surface area contributed by atoms with E-state index in [1.54, 1.807) is 0 Å². The minimum absolute atomic E-state index is 0.402. The Morgan fingerprint density at radius 1 is 1.14 bits per heavy atom. The summed E-state index contributed by atoms with van der Waals surface area (Å²) in [5, 5.41) is 3.43. The molecule has 1 aromatic rings. The van der Waals surface area contributed by atoms with Gasteiger partial charge < -0.3 is 5.32 Å². The molecule has 2 nitrogen and oxygen atoms in total. The van der Waals surface area contributed by atoms with Gasteiger partial charge in [0.05, 0.1) is 10.8 Å². The van der Waals surface area contributed by atoms with E-state index in [4.69, 9.17) is 0 Å². The molecule has 2 atom stereocenters. The minimum atomic E-state index is -0.870. The lowest BCUT2D eigenvalue weighted by Gasteiger charge is -2.29. The van der Waals surface area contributed by atoms with Crippen LogP contribution in [0.25, 0.3) is 0 Å². The van der Waals surface area contributed by atoms with Crippen LogP contribution in [0.15, 0.2) is 23.1 Å². The molecule has 1 saturated carbocycles. The molecular weight excluding hydrogens is 278 g/mol. The number of rotatable bonds is 5. The first-order valence-electron chi connectivity index (χ1n) is 8.45. The number of hydrogen-bond acceptors (Lipinski definition) is 2. The van der Waals surface area contributed by atoms with Crippen molar-refractivity contribution in [3.8, 4) is 0 Å². The molecular formula is C18H27NOS. The Balaban J connectivity index is 1.66. The third-order valence-electron chi connectivity index (χ3n) is 5.25. The van der Waals surface area contributed by atoms with Gasteiger partial charge in [0.1, 0.15) is 0 Å². The van der Waals surface area contributed by atoms with Crippen LogP contribution in [0.5, 0.6) is 0 Å². The van der Waals surface area contributed by atoms with E-state index in [9.17, 15) is 4.21 Å². The molecule has 1 aromatic carbocycles. The van der Waals surface area contributed by atoms with Crippen molar-refractivity contribution >= 4 is 10.8 Å². The Morgan fingerprint density at radius 3 is 2.67 bits per heavy atom. The zero-order chi connectivity index (χ0) is 14.7. The maximum Gasteiger partial charge on any atom is 0.0545 e. The lowest BCUT2D eigenvalue weighted by Crippen LogP contribution is -2.39. The van der Waals surface area contributed by atoms with Gasteiger partial charge in [0.2, 0.25) is 0 Å². The summed E-state index contributed by atoms with van der Waals surface area (Å²) in [6.45, 7) is 0. The summed E-state index contributed by atoms with van der Waals surface area (Å²) < 4.78 is 12.7. The molecule has 2 aliphatic rings. The number of hydrogen-bond donors (Lipinski definition) is 1. The molecule has 1 fully saturated rings. The lowest BCUT2D eigenvalue weighted by molar-refractivity contribution is 0.294. The van der Waals surface area contributed by atoms with Crippen molar-refractivity contribution in [3.05, 3.63) is 29.3 Å². The maximum absolute atomic E-state index is 12.7. The summed E-state index contributed by atoms with van der Waals surface area (Å²) >= 11 is 0. The van der Waals surface area contributed by atoms with Gasteiger partial charge in [-0.3, -0.25) is 4.21 Å². The molecule has 21 heavy (non-hydrogen) atoms. The summed E-state index contributed by atoms with van der Waals surface area (Å²) in [7, 11) is 1.16. The van der Waals surface area contributed by atoms with Crippen LogP contribution in [0.2, 0.25) is 0 Å². The van der Waals surface area contributed by atoms with Crippen molar-refractivity contribution in [1.82, 2.24) is 5.32 Å². The predicted molar refractivity (Wildman–Crippen MR) is 89.2 cm³/mol.